The van der Waals surface area contributed by atoms with E-state index in [-0.39, 0.29) is 25.0 Å². The molecule has 1 aromatic rings. The fourth-order valence-corrected chi connectivity index (χ4v) is 1.53. The summed E-state index contributed by atoms with van der Waals surface area (Å²) in [5.41, 5.74) is 0.644. The number of hydrogen-bond donors (Lipinski definition) is 2. The predicted octanol–water partition coefficient (Wildman–Crippen LogP) is 1.85. The normalized spacial score (nSPS) is 12.0. The van der Waals surface area contributed by atoms with Crippen LogP contribution in [-0.4, -0.2) is 29.6 Å². The first-order valence-corrected chi connectivity index (χ1v) is 6.61. The first-order chi connectivity index (χ1) is 9.38. The lowest BCUT2D eigenvalue weighted by Gasteiger charge is -2.17. The minimum atomic E-state index is -0.898. The maximum Gasteiger partial charge on any atom is 0.307 e. The molecular formula is C15H21NO4. The van der Waals surface area contributed by atoms with Gasteiger partial charge in [-0.15, -0.1) is 0 Å². The van der Waals surface area contributed by atoms with Crippen LogP contribution < -0.4 is 10.1 Å². The Morgan fingerprint density at radius 3 is 2.60 bits per heavy atom. The van der Waals surface area contributed by atoms with Crippen molar-refractivity contribution in [3.05, 3.63) is 29.8 Å². The van der Waals surface area contributed by atoms with Crippen LogP contribution in [0.15, 0.2) is 24.3 Å². The molecule has 0 spiro atoms. The summed E-state index contributed by atoms with van der Waals surface area (Å²) in [4.78, 5) is 22.3. The van der Waals surface area contributed by atoms with Crippen LogP contribution in [0.1, 0.15) is 26.3 Å². The van der Waals surface area contributed by atoms with Gasteiger partial charge >= 0.3 is 5.97 Å². The smallest absolute Gasteiger partial charge is 0.307 e. The summed E-state index contributed by atoms with van der Waals surface area (Å²) in [6, 6.07) is 6.84. The summed E-state index contributed by atoms with van der Waals surface area (Å²) in [6.07, 6.45) is -0.0617. The van der Waals surface area contributed by atoms with Gasteiger partial charge < -0.3 is 15.2 Å². The SMILES string of the molecule is CC(C)C(C)NC(=O)COc1cccc(CC(=O)O)c1. The third kappa shape index (κ3) is 5.73. The molecule has 1 unspecified atom stereocenters. The van der Waals surface area contributed by atoms with Gasteiger partial charge in [-0.2, -0.15) is 0 Å². The number of carboxylic acid groups (broad SMARTS) is 1. The molecule has 0 bridgehead atoms. The minimum Gasteiger partial charge on any atom is -0.484 e. The number of aliphatic carboxylic acids is 1. The molecule has 1 amide bonds. The summed E-state index contributed by atoms with van der Waals surface area (Å²) in [6.45, 7) is 5.92. The van der Waals surface area contributed by atoms with Gasteiger partial charge in [-0.1, -0.05) is 26.0 Å². The topological polar surface area (TPSA) is 75.6 Å². The van der Waals surface area contributed by atoms with Gasteiger partial charge in [0.2, 0.25) is 0 Å². The van der Waals surface area contributed by atoms with E-state index in [0.717, 1.165) is 0 Å². The Morgan fingerprint density at radius 2 is 2.00 bits per heavy atom. The highest BCUT2D eigenvalue weighted by atomic mass is 16.5. The van der Waals surface area contributed by atoms with E-state index in [1.54, 1.807) is 24.3 Å². The quantitative estimate of drug-likeness (QED) is 0.798. The Morgan fingerprint density at radius 1 is 1.30 bits per heavy atom. The summed E-state index contributed by atoms with van der Waals surface area (Å²) >= 11 is 0. The molecule has 0 aromatic heterocycles. The second kappa shape index (κ2) is 7.53. The van der Waals surface area contributed by atoms with E-state index in [4.69, 9.17) is 9.84 Å². The Labute approximate surface area is 118 Å². The number of amides is 1. The van der Waals surface area contributed by atoms with Crippen LogP contribution in [0.4, 0.5) is 0 Å². The summed E-state index contributed by atoms with van der Waals surface area (Å²) < 4.78 is 5.37. The molecule has 110 valence electrons. The lowest BCUT2D eigenvalue weighted by molar-refractivity contribution is -0.136. The van der Waals surface area contributed by atoms with E-state index in [2.05, 4.69) is 5.32 Å². The van der Waals surface area contributed by atoms with E-state index in [0.29, 0.717) is 17.2 Å². The van der Waals surface area contributed by atoms with Crippen LogP contribution >= 0.6 is 0 Å². The van der Waals surface area contributed by atoms with Gasteiger partial charge in [0.05, 0.1) is 6.42 Å². The average Bonchev–Trinajstić information content (AvgIpc) is 2.36. The molecule has 0 saturated heterocycles. The Kier molecular flexibility index (Phi) is 6.03. The molecule has 1 aromatic carbocycles. The molecule has 20 heavy (non-hydrogen) atoms. The van der Waals surface area contributed by atoms with Gasteiger partial charge in [-0.05, 0) is 30.5 Å². The first kappa shape index (κ1) is 16.0. The van der Waals surface area contributed by atoms with E-state index in [9.17, 15) is 9.59 Å². The highest BCUT2D eigenvalue weighted by molar-refractivity contribution is 5.77. The van der Waals surface area contributed by atoms with Crippen molar-refractivity contribution in [2.75, 3.05) is 6.61 Å². The Hall–Kier alpha value is -2.04. The molecule has 5 heteroatoms. The van der Waals surface area contributed by atoms with Gasteiger partial charge in [0.25, 0.3) is 5.91 Å². The molecule has 0 radical (unpaired) electrons. The minimum absolute atomic E-state index is 0.0617. The third-order valence-corrected chi connectivity index (χ3v) is 3.01. The molecule has 0 aliphatic rings. The Bertz CT molecular complexity index is 471. The zero-order valence-electron chi connectivity index (χ0n) is 12.1. The fraction of sp³-hybridized carbons (Fsp3) is 0.467. The van der Waals surface area contributed by atoms with Crippen LogP contribution in [-0.2, 0) is 16.0 Å². The van der Waals surface area contributed by atoms with Gasteiger partial charge in [-0.3, -0.25) is 9.59 Å². The van der Waals surface area contributed by atoms with E-state index in [1.807, 2.05) is 20.8 Å². The second-order valence-corrected chi connectivity index (χ2v) is 5.11. The van der Waals surface area contributed by atoms with Crippen molar-refractivity contribution in [3.8, 4) is 5.75 Å². The number of carbonyl (C=O) groups excluding carboxylic acids is 1. The van der Waals surface area contributed by atoms with Crippen molar-refractivity contribution in [2.45, 2.75) is 33.2 Å². The molecular weight excluding hydrogens is 258 g/mol. The number of rotatable bonds is 7. The number of benzene rings is 1. The van der Waals surface area contributed by atoms with Gasteiger partial charge in [-0.25, -0.2) is 0 Å². The van der Waals surface area contributed by atoms with Crippen molar-refractivity contribution in [1.82, 2.24) is 5.32 Å². The number of ether oxygens (including phenoxy) is 1. The molecule has 0 aliphatic heterocycles. The summed E-state index contributed by atoms with van der Waals surface area (Å²) in [5.74, 6) is -0.227. The van der Waals surface area contributed by atoms with Crippen molar-refractivity contribution < 1.29 is 19.4 Å². The van der Waals surface area contributed by atoms with Crippen LogP contribution in [0.3, 0.4) is 0 Å². The number of carbonyl (C=O) groups is 2. The van der Waals surface area contributed by atoms with Crippen LogP contribution in [0, 0.1) is 5.92 Å². The molecule has 1 rings (SSSR count). The number of hydrogen-bond acceptors (Lipinski definition) is 3. The first-order valence-electron chi connectivity index (χ1n) is 6.61. The van der Waals surface area contributed by atoms with Gasteiger partial charge in [0, 0.05) is 6.04 Å². The van der Waals surface area contributed by atoms with Crippen LogP contribution in [0.5, 0.6) is 5.75 Å². The average molecular weight is 279 g/mol. The van der Waals surface area contributed by atoms with E-state index in [1.165, 1.54) is 0 Å². The van der Waals surface area contributed by atoms with Gasteiger partial charge in [0.1, 0.15) is 5.75 Å². The largest absolute Gasteiger partial charge is 0.484 e. The number of carboxylic acids is 1. The standard InChI is InChI=1S/C15H21NO4/c1-10(2)11(3)16-14(17)9-20-13-6-4-5-12(7-13)8-15(18)19/h4-7,10-11H,8-9H2,1-3H3,(H,16,17)(H,18,19). The maximum absolute atomic E-state index is 11.7. The summed E-state index contributed by atoms with van der Waals surface area (Å²) in [5, 5.41) is 11.6. The molecule has 0 heterocycles. The number of nitrogens with one attached hydrogen (secondary N) is 1. The zero-order chi connectivity index (χ0) is 15.1. The van der Waals surface area contributed by atoms with Gasteiger partial charge in [0.15, 0.2) is 6.61 Å². The lowest BCUT2D eigenvalue weighted by atomic mass is 10.1. The van der Waals surface area contributed by atoms with Crippen LogP contribution in [0.25, 0.3) is 0 Å². The van der Waals surface area contributed by atoms with Crippen molar-refractivity contribution >= 4 is 11.9 Å². The molecule has 0 fully saturated rings. The third-order valence-electron chi connectivity index (χ3n) is 3.01. The predicted molar refractivity (Wildman–Crippen MR) is 75.7 cm³/mol. The molecule has 0 aliphatic carbocycles. The van der Waals surface area contributed by atoms with Crippen molar-refractivity contribution in [1.29, 1.82) is 0 Å². The molecule has 1 atom stereocenters. The van der Waals surface area contributed by atoms with Crippen LogP contribution in [0.2, 0.25) is 0 Å². The highest BCUT2D eigenvalue weighted by Gasteiger charge is 2.11. The second-order valence-electron chi connectivity index (χ2n) is 5.11. The van der Waals surface area contributed by atoms with E-state index >= 15 is 0 Å². The lowest BCUT2D eigenvalue weighted by Crippen LogP contribution is -2.38. The molecule has 2 N–H and O–H groups in total. The fourth-order valence-electron chi connectivity index (χ4n) is 1.53. The monoisotopic (exact) mass is 279 g/mol. The van der Waals surface area contributed by atoms with Crippen molar-refractivity contribution in [2.24, 2.45) is 5.92 Å². The summed E-state index contributed by atoms with van der Waals surface area (Å²) in [7, 11) is 0. The maximum atomic E-state index is 11.7. The van der Waals surface area contributed by atoms with Crippen molar-refractivity contribution in [3.63, 3.8) is 0 Å². The van der Waals surface area contributed by atoms with E-state index < -0.39 is 5.97 Å². The Balaban J connectivity index is 2.49. The molecule has 5 nitrogen and oxygen atoms in total. The highest BCUT2D eigenvalue weighted by Crippen LogP contribution is 2.13. The molecule has 0 saturated carbocycles. The zero-order valence-corrected chi connectivity index (χ0v) is 12.1.